The van der Waals surface area contributed by atoms with Crippen LogP contribution < -0.4 is 17.0 Å². The van der Waals surface area contributed by atoms with Crippen LogP contribution in [0.5, 0.6) is 0 Å². The fourth-order valence-electron chi connectivity index (χ4n) is 0. The first-order chi connectivity index (χ1) is 1.91. The summed E-state index contributed by atoms with van der Waals surface area (Å²) in [6.45, 7) is 5.72. The number of hydrogen-bond acceptors (Lipinski definition) is 0. The zero-order chi connectivity index (χ0) is 3.41. The van der Waals surface area contributed by atoms with Crippen molar-refractivity contribution >= 4 is 23.1 Å². The Morgan fingerprint density at radius 3 is 1.67 bits per heavy atom. The van der Waals surface area contributed by atoms with Crippen LogP contribution in [0.1, 0.15) is 19.8 Å². The number of unbranched alkanes of at least 4 members (excludes halogenated alkanes) is 1. The average Bonchev–Trinajstić information content (AvgIpc) is 1.37. The molecule has 0 saturated carbocycles. The molecular weight excluding hydrogens is 156 g/mol. The van der Waals surface area contributed by atoms with Gasteiger partial charge in [-0.3, -0.25) is 0 Å². The van der Waals surface area contributed by atoms with Crippen LogP contribution in [-0.2, 0) is 0 Å². The monoisotopic (exact) mass is 164 g/mol. The van der Waals surface area contributed by atoms with E-state index in [4.69, 9.17) is 0 Å². The largest absolute Gasteiger partial charge is 2.00 e. The van der Waals surface area contributed by atoms with Crippen LogP contribution in [0.15, 0.2) is 0 Å². The number of hydrogen-bond donors (Lipinski definition) is 0. The molecule has 0 radical (unpaired) electrons. The van der Waals surface area contributed by atoms with Crippen LogP contribution in [-0.4, -0.2) is 23.1 Å². The first-order valence-corrected chi connectivity index (χ1v) is 1.71. The minimum absolute atomic E-state index is 0. The molecule has 0 bridgehead atoms. The summed E-state index contributed by atoms with van der Waals surface area (Å²) >= 11 is 0. The van der Waals surface area contributed by atoms with Crippen LogP contribution in [0, 0.1) is 6.92 Å². The number of halogens is 1. The van der Waals surface area contributed by atoms with Crippen molar-refractivity contribution in [2.24, 2.45) is 0 Å². The van der Waals surface area contributed by atoms with Gasteiger partial charge in [0.1, 0.15) is 0 Å². The van der Waals surface area contributed by atoms with Crippen molar-refractivity contribution in [2.45, 2.75) is 19.8 Å². The van der Waals surface area contributed by atoms with Crippen molar-refractivity contribution in [2.75, 3.05) is 0 Å². The van der Waals surface area contributed by atoms with E-state index >= 15 is 0 Å². The molecule has 0 saturated heterocycles. The van der Waals surface area contributed by atoms with Crippen LogP contribution in [0.2, 0.25) is 0 Å². The Balaban J connectivity index is -0.0000000450. The standard InChI is InChI=1S/C4H9.BrH.Mg/c1-3-4-2;;/h1,3-4H2,2H3;1H;/q-1;;+2/p-1/i1+1,2+1,3+1,4+1;;. The summed E-state index contributed by atoms with van der Waals surface area (Å²) in [6, 6.07) is 0. The maximum absolute atomic E-state index is 3.60. The molecule has 0 fully saturated rings. The first-order valence-electron chi connectivity index (χ1n) is 1.71. The van der Waals surface area contributed by atoms with Gasteiger partial charge in [-0.25, -0.2) is 0 Å². The van der Waals surface area contributed by atoms with Gasteiger partial charge in [0.2, 0.25) is 0 Å². The second kappa shape index (κ2) is 16.3. The molecule has 0 N–H and O–H groups in total. The molecule has 0 unspecified atom stereocenters. The van der Waals surface area contributed by atoms with Gasteiger partial charge in [-0.2, -0.15) is 6.42 Å². The maximum atomic E-state index is 3.60. The molecule has 0 spiro atoms. The Labute approximate surface area is 66.6 Å². The molecule has 0 aromatic carbocycles. The molecular formula is C4H9BrMg. The van der Waals surface area contributed by atoms with Gasteiger partial charge in [0.25, 0.3) is 0 Å². The Hall–Kier alpha value is 1.25. The van der Waals surface area contributed by atoms with E-state index in [1.807, 2.05) is 0 Å². The SMILES string of the molecule is [13CH2-][13CH2][13CH2][13CH3].[Br-].[Mg+2]. The Morgan fingerprint density at radius 2 is 1.67 bits per heavy atom. The third-order valence-corrected chi connectivity index (χ3v) is 0.354. The molecule has 34 valence electrons. The minimum Gasteiger partial charge on any atom is -1.00 e. The van der Waals surface area contributed by atoms with Crippen molar-refractivity contribution in [3.05, 3.63) is 6.92 Å². The fourth-order valence-corrected chi connectivity index (χ4v) is 0. The van der Waals surface area contributed by atoms with Gasteiger partial charge in [0.05, 0.1) is 0 Å². The predicted octanol–water partition coefficient (Wildman–Crippen LogP) is -1.76. The van der Waals surface area contributed by atoms with Gasteiger partial charge in [-0.15, -0.1) is 0 Å². The molecule has 0 atom stereocenters. The van der Waals surface area contributed by atoms with Crippen molar-refractivity contribution in [3.8, 4) is 0 Å². The van der Waals surface area contributed by atoms with E-state index in [1.165, 1.54) is 6.42 Å². The van der Waals surface area contributed by atoms with E-state index in [1.54, 1.807) is 0 Å². The van der Waals surface area contributed by atoms with Gasteiger partial charge in [0, 0.05) is 0 Å². The fraction of sp³-hybridized carbons (Fsp3) is 0.750. The molecule has 0 nitrogen and oxygen atoms in total. The Bertz CT molecular complexity index is 9.51. The molecule has 0 aromatic heterocycles. The third-order valence-electron chi connectivity index (χ3n) is 0.354. The van der Waals surface area contributed by atoms with E-state index in [0.717, 1.165) is 6.42 Å². The smallest absolute Gasteiger partial charge is 1.00 e. The summed E-state index contributed by atoms with van der Waals surface area (Å²) in [4.78, 5) is 0. The second-order valence-corrected chi connectivity index (χ2v) is 0.854. The van der Waals surface area contributed by atoms with Crippen molar-refractivity contribution in [1.29, 1.82) is 0 Å². The normalized spacial score (nSPS) is 5.00. The molecule has 2 heteroatoms. The van der Waals surface area contributed by atoms with E-state index in [-0.39, 0.29) is 40.0 Å². The van der Waals surface area contributed by atoms with Gasteiger partial charge >= 0.3 is 23.1 Å². The van der Waals surface area contributed by atoms with E-state index in [0.29, 0.717) is 0 Å². The quantitative estimate of drug-likeness (QED) is 0.245. The maximum Gasteiger partial charge on any atom is 2.00 e. The summed E-state index contributed by atoms with van der Waals surface area (Å²) in [5.74, 6) is 0. The first kappa shape index (κ1) is 15.7. The van der Waals surface area contributed by atoms with Gasteiger partial charge < -0.3 is 23.9 Å². The predicted molar refractivity (Wildman–Crippen MR) is 26.0 cm³/mol. The summed E-state index contributed by atoms with van der Waals surface area (Å²) in [5.41, 5.74) is 0. The minimum atomic E-state index is 0. The zero-order valence-electron chi connectivity index (χ0n) is 4.21. The summed E-state index contributed by atoms with van der Waals surface area (Å²) < 4.78 is 0. The van der Waals surface area contributed by atoms with Gasteiger partial charge in [-0.1, -0.05) is 13.3 Å². The summed E-state index contributed by atoms with van der Waals surface area (Å²) in [7, 11) is 0. The molecule has 0 aromatic rings. The molecule has 6 heavy (non-hydrogen) atoms. The second-order valence-electron chi connectivity index (χ2n) is 0.854. The van der Waals surface area contributed by atoms with E-state index in [9.17, 15) is 0 Å². The Morgan fingerprint density at radius 1 is 1.50 bits per heavy atom. The topological polar surface area (TPSA) is 0 Å². The summed E-state index contributed by atoms with van der Waals surface area (Å²) in [5, 5.41) is 0. The van der Waals surface area contributed by atoms with Gasteiger partial charge in [0.15, 0.2) is 0 Å². The molecule has 0 aliphatic rings. The zero-order valence-corrected chi connectivity index (χ0v) is 7.21. The summed E-state index contributed by atoms with van der Waals surface area (Å²) in [6.07, 6.45) is 2.28. The van der Waals surface area contributed by atoms with E-state index < -0.39 is 0 Å². The Kier molecular flexibility index (Phi) is 42.6. The molecule has 0 heterocycles. The van der Waals surface area contributed by atoms with Crippen molar-refractivity contribution in [1.82, 2.24) is 0 Å². The van der Waals surface area contributed by atoms with Crippen LogP contribution in [0.25, 0.3) is 0 Å². The van der Waals surface area contributed by atoms with Crippen LogP contribution in [0.3, 0.4) is 0 Å². The average molecular weight is 165 g/mol. The molecule has 0 amide bonds. The van der Waals surface area contributed by atoms with Crippen LogP contribution in [0.4, 0.5) is 0 Å². The van der Waals surface area contributed by atoms with Gasteiger partial charge in [-0.05, 0) is 0 Å². The van der Waals surface area contributed by atoms with Crippen LogP contribution >= 0.6 is 0 Å². The molecule has 0 aliphatic heterocycles. The molecule has 0 rings (SSSR count). The van der Waals surface area contributed by atoms with E-state index in [2.05, 4.69) is 13.8 Å². The van der Waals surface area contributed by atoms with Crippen molar-refractivity contribution in [3.63, 3.8) is 0 Å². The molecule has 0 aliphatic carbocycles. The number of rotatable bonds is 1. The van der Waals surface area contributed by atoms with Crippen molar-refractivity contribution < 1.29 is 17.0 Å². The third kappa shape index (κ3) is 18.7.